The van der Waals surface area contributed by atoms with Crippen molar-refractivity contribution in [2.75, 3.05) is 34.2 Å². The van der Waals surface area contributed by atoms with Crippen LogP contribution < -0.4 is 24.5 Å². The van der Waals surface area contributed by atoms with Gasteiger partial charge < -0.3 is 18.9 Å². The molecule has 8 nitrogen and oxygen atoms in total. The van der Waals surface area contributed by atoms with E-state index in [4.69, 9.17) is 23.9 Å². The fourth-order valence-electron chi connectivity index (χ4n) is 3.62. The third-order valence-corrected chi connectivity index (χ3v) is 6.35. The van der Waals surface area contributed by atoms with Crippen molar-refractivity contribution in [2.24, 2.45) is 0 Å². The SMILES string of the molecule is COc1ccc(OC)c(-n2c(SCC(=O)c3ccc(OC)c(OC)c3)nc3ccccc3c2=O)c1. The zero-order valence-corrected chi connectivity index (χ0v) is 20.5. The molecule has 1 heterocycles. The number of hydrogen-bond acceptors (Lipinski definition) is 8. The topological polar surface area (TPSA) is 88.9 Å². The van der Waals surface area contributed by atoms with E-state index in [0.29, 0.717) is 50.3 Å². The van der Waals surface area contributed by atoms with Crippen molar-refractivity contribution in [3.05, 3.63) is 76.6 Å². The Morgan fingerprint density at radius 2 is 1.57 bits per heavy atom. The number of methoxy groups -OCH3 is 4. The van der Waals surface area contributed by atoms with Gasteiger partial charge in [-0.3, -0.25) is 14.2 Å². The number of nitrogens with zero attached hydrogens (tertiary/aromatic N) is 2. The van der Waals surface area contributed by atoms with Gasteiger partial charge in [0, 0.05) is 11.6 Å². The highest BCUT2D eigenvalue weighted by atomic mass is 32.2. The van der Waals surface area contributed by atoms with Crippen LogP contribution in [0.5, 0.6) is 23.0 Å². The average molecular weight is 493 g/mol. The third-order valence-electron chi connectivity index (χ3n) is 5.41. The van der Waals surface area contributed by atoms with E-state index < -0.39 is 0 Å². The first-order chi connectivity index (χ1) is 17.0. The van der Waals surface area contributed by atoms with Gasteiger partial charge in [-0.15, -0.1) is 0 Å². The second-order valence-electron chi connectivity index (χ2n) is 7.37. The number of para-hydroxylation sites is 1. The van der Waals surface area contributed by atoms with Crippen molar-refractivity contribution in [2.45, 2.75) is 5.16 Å². The lowest BCUT2D eigenvalue weighted by Gasteiger charge is -2.16. The van der Waals surface area contributed by atoms with Crippen molar-refractivity contribution in [3.63, 3.8) is 0 Å². The molecule has 0 radical (unpaired) electrons. The van der Waals surface area contributed by atoms with E-state index in [1.807, 2.05) is 6.07 Å². The largest absolute Gasteiger partial charge is 0.497 e. The molecule has 0 saturated carbocycles. The maximum absolute atomic E-state index is 13.6. The first-order valence-electron chi connectivity index (χ1n) is 10.6. The molecule has 0 bridgehead atoms. The summed E-state index contributed by atoms with van der Waals surface area (Å²) in [5.74, 6) is 1.92. The Balaban J connectivity index is 1.78. The summed E-state index contributed by atoms with van der Waals surface area (Å²) in [6.07, 6.45) is 0. The number of fused-ring (bicyclic) bond motifs is 1. The Labute approximate surface area is 206 Å². The Morgan fingerprint density at radius 3 is 2.29 bits per heavy atom. The Hall–Kier alpha value is -3.98. The molecule has 0 saturated heterocycles. The molecule has 0 fully saturated rings. The zero-order valence-electron chi connectivity index (χ0n) is 19.7. The second-order valence-corrected chi connectivity index (χ2v) is 8.31. The molecular weight excluding hydrogens is 468 g/mol. The maximum Gasteiger partial charge on any atom is 0.266 e. The molecule has 4 aromatic rings. The molecule has 180 valence electrons. The van der Waals surface area contributed by atoms with E-state index in [1.165, 1.54) is 25.9 Å². The lowest BCUT2D eigenvalue weighted by Crippen LogP contribution is -2.23. The van der Waals surface area contributed by atoms with Crippen molar-refractivity contribution in [1.29, 1.82) is 0 Å². The number of carbonyl (C=O) groups excluding carboxylic acids is 1. The van der Waals surface area contributed by atoms with Gasteiger partial charge in [0.25, 0.3) is 5.56 Å². The van der Waals surface area contributed by atoms with Gasteiger partial charge in [0.05, 0.1) is 50.8 Å². The lowest BCUT2D eigenvalue weighted by atomic mass is 10.1. The molecule has 4 rings (SSSR count). The fraction of sp³-hybridized carbons (Fsp3) is 0.192. The van der Waals surface area contributed by atoms with E-state index in [-0.39, 0.29) is 17.1 Å². The maximum atomic E-state index is 13.6. The van der Waals surface area contributed by atoms with Crippen LogP contribution in [-0.4, -0.2) is 49.5 Å². The van der Waals surface area contributed by atoms with E-state index in [9.17, 15) is 9.59 Å². The first-order valence-corrected chi connectivity index (χ1v) is 11.6. The molecule has 9 heteroatoms. The minimum atomic E-state index is -0.275. The van der Waals surface area contributed by atoms with Crippen molar-refractivity contribution in [3.8, 4) is 28.7 Å². The van der Waals surface area contributed by atoms with Crippen LogP contribution >= 0.6 is 11.8 Å². The highest BCUT2D eigenvalue weighted by Gasteiger charge is 2.19. The molecule has 0 atom stereocenters. The highest BCUT2D eigenvalue weighted by molar-refractivity contribution is 7.99. The number of aromatic nitrogens is 2. The van der Waals surface area contributed by atoms with Crippen LogP contribution in [0.3, 0.4) is 0 Å². The molecule has 35 heavy (non-hydrogen) atoms. The number of ether oxygens (including phenoxy) is 4. The van der Waals surface area contributed by atoms with Crippen LogP contribution in [0.15, 0.2) is 70.6 Å². The second kappa shape index (κ2) is 10.5. The first kappa shape index (κ1) is 24.2. The van der Waals surface area contributed by atoms with Crippen LogP contribution in [0.25, 0.3) is 16.6 Å². The van der Waals surface area contributed by atoms with Gasteiger partial charge >= 0.3 is 0 Å². The molecule has 0 spiro atoms. The molecule has 0 aliphatic heterocycles. The van der Waals surface area contributed by atoms with Crippen molar-refractivity contribution in [1.82, 2.24) is 9.55 Å². The molecule has 0 N–H and O–H groups in total. The van der Waals surface area contributed by atoms with Crippen LogP contribution in [-0.2, 0) is 0 Å². The summed E-state index contributed by atoms with van der Waals surface area (Å²) in [6, 6.07) is 17.2. The van der Waals surface area contributed by atoms with Gasteiger partial charge in [-0.05, 0) is 42.5 Å². The van der Waals surface area contributed by atoms with Crippen molar-refractivity contribution < 1.29 is 23.7 Å². The zero-order chi connectivity index (χ0) is 24.9. The molecular formula is C26H24N2O6S. The summed E-state index contributed by atoms with van der Waals surface area (Å²) >= 11 is 1.16. The van der Waals surface area contributed by atoms with Gasteiger partial charge in [0.1, 0.15) is 11.5 Å². The number of benzene rings is 3. The van der Waals surface area contributed by atoms with Gasteiger partial charge in [-0.25, -0.2) is 4.98 Å². The summed E-state index contributed by atoms with van der Waals surface area (Å²) in [5.41, 5.74) is 1.19. The summed E-state index contributed by atoms with van der Waals surface area (Å²) < 4.78 is 22.9. The number of ketones is 1. The van der Waals surface area contributed by atoms with Gasteiger partial charge in [0.2, 0.25) is 0 Å². The Bertz CT molecular complexity index is 1450. The van der Waals surface area contributed by atoms with Crippen LogP contribution in [0.1, 0.15) is 10.4 Å². The summed E-state index contributed by atoms with van der Waals surface area (Å²) in [7, 11) is 6.12. The number of Topliss-reactive ketones (excluding diaryl/α,β-unsaturated/α-hetero) is 1. The van der Waals surface area contributed by atoms with Gasteiger partial charge in [0.15, 0.2) is 22.4 Å². The Morgan fingerprint density at radius 1 is 0.857 bits per heavy atom. The number of hydrogen-bond donors (Lipinski definition) is 0. The molecule has 0 amide bonds. The molecule has 0 aliphatic carbocycles. The molecule has 3 aromatic carbocycles. The minimum absolute atomic E-state index is 0.0482. The van der Waals surface area contributed by atoms with Crippen LogP contribution in [0.2, 0.25) is 0 Å². The summed E-state index contributed by atoms with van der Waals surface area (Å²) in [4.78, 5) is 31.3. The van der Waals surface area contributed by atoms with E-state index in [0.717, 1.165) is 11.8 Å². The van der Waals surface area contributed by atoms with E-state index >= 15 is 0 Å². The Kier molecular flexibility index (Phi) is 7.26. The predicted octanol–water partition coefficient (Wildman–Crippen LogP) is 4.40. The molecule has 0 aliphatic rings. The smallest absolute Gasteiger partial charge is 0.266 e. The van der Waals surface area contributed by atoms with E-state index in [1.54, 1.807) is 61.7 Å². The number of carbonyl (C=O) groups is 1. The van der Waals surface area contributed by atoms with E-state index in [2.05, 4.69) is 0 Å². The quantitative estimate of drug-likeness (QED) is 0.193. The number of thioether (sulfide) groups is 1. The number of rotatable bonds is 9. The summed E-state index contributed by atoms with van der Waals surface area (Å²) in [6.45, 7) is 0. The minimum Gasteiger partial charge on any atom is -0.497 e. The summed E-state index contributed by atoms with van der Waals surface area (Å²) in [5, 5.41) is 0.807. The third kappa shape index (κ3) is 4.81. The van der Waals surface area contributed by atoms with Gasteiger partial charge in [-0.2, -0.15) is 0 Å². The van der Waals surface area contributed by atoms with Gasteiger partial charge in [-0.1, -0.05) is 23.9 Å². The lowest BCUT2D eigenvalue weighted by molar-refractivity contribution is 0.102. The van der Waals surface area contributed by atoms with Crippen LogP contribution in [0.4, 0.5) is 0 Å². The fourth-order valence-corrected chi connectivity index (χ4v) is 4.52. The normalized spacial score (nSPS) is 10.7. The average Bonchev–Trinajstić information content (AvgIpc) is 2.91. The monoisotopic (exact) mass is 492 g/mol. The van der Waals surface area contributed by atoms with Crippen LogP contribution in [0, 0.1) is 0 Å². The standard InChI is InChI=1S/C26H24N2O6S/c1-31-17-10-12-22(32-2)20(14-17)28-25(30)18-7-5-6-8-19(18)27-26(28)35-15-21(29)16-9-11-23(33-3)24(13-16)34-4/h5-14H,15H2,1-4H3. The van der Waals surface area contributed by atoms with Crippen molar-refractivity contribution >= 4 is 28.4 Å². The predicted molar refractivity (Wildman–Crippen MR) is 135 cm³/mol. The highest BCUT2D eigenvalue weighted by Crippen LogP contribution is 2.32. The molecule has 1 aromatic heterocycles. The molecule has 0 unspecified atom stereocenters.